The lowest BCUT2D eigenvalue weighted by molar-refractivity contribution is 0.114. The largest absolute Gasteiger partial charge is 0.388 e. The Hall–Kier alpha value is -2.76. The van der Waals surface area contributed by atoms with E-state index in [-0.39, 0.29) is 11.2 Å². The fourth-order valence-electron chi connectivity index (χ4n) is 5.75. The van der Waals surface area contributed by atoms with Gasteiger partial charge < -0.3 is 5.11 Å². The van der Waals surface area contributed by atoms with Crippen molar-refractivity contribution in [2.75, 3.05) is 0 Å². The summed E-state index contributed by atoms with van der Waals surface area (Å²) in [5.41, 5.74) is 5.75. The summed E-state index contributed by atoms with van der Waals surface area (Å²) < 4.78 is 16.5. The van der Waals surface area contributed by atoms with Crippen molar-refractivity contribution < 1.29 is 9.50 Å². The number of aliphatic hydroxyl groups is 1. The highest BCUT2D eigenvalue weighted by molar-refractivity contribution is 7.17. The molecule has 4 aromatic rings. The van der Waals surface area contributed by atoms with E-state index >= 15 is 0 Å². The first-order valence-electron chi connectivity index (χ1n) is 11.2. The molecule has 3 atom stereocenters. The van der Waals surface area contributed by atoms with Gasteiger partial charge in [-0.3, -0.25) is 0 Å². The molecule has 0 spiro atoms. The normalized spacial score (nSPS) is 23.1. The summed E-state index contributed by atoms with van der Waals surface area (Å²) in [6, 6.07) is 14.8. The van der Waals surface area contributed by atoms with Crippen LogP contribution in [0.1, 0.15) is 49.1 Å². The molecule has 0 aliphatic heterocycles. The van der Waals surface area contributed by atoms with E-state index in [0.717, 1.165) is 42.6 Å². The zero-order chi connectivity index (χ0) is 21.9. The first-order valence-corrected chi connectivity index (χ1v) is 12.1. The van der Waals surface area contributed by atoms with Gasteiger partial charge in [-0.05, 0) is 95.3 Å². The van der Waals surface area contributed by atoms with E-state index in [1.54, 1.807) is 23.5 Å². The van der Waals surface area contributed by atoms with Crippen LogP contribution in [-0.4, -0.2) is 14.9 Å². The summed E-state index contributed by atoms with van der Waals surface area (Å²) >= 11 is 1.71. The van der Waals surface area contributed by atoms with Crippen LogP contribution in [-0.2, 0) is 6.42 Å². The number of benzene rings is 2. The molecule has 0 radical (unpaired) electrons. The molecule has 2 heterocycles. The number of aromatic nitrogens is 2. The maximum atomic E-state index is 13.4. The van der Waals surface area contributed by atoms with Crippen molar-refractivity contribution in [3.63, 3.8) is 0 Å². The van der Waals surface area contributed by atoms with Gasteiger partial charge in [-0.15, -0.1) is 11.3 Å². The Morgan fingerprint density at radius 1 is 1.22 bits per heavy atom. The average Bonchev–Trinajstić information content (AvgIpc) is 3.48. The van der Waals surface area contributed by atoms with Gasteiger partial charge in [0.05, 0.1) is 23.7 Å². The molecule has 3 nitrogen and oxygen atoms in total. The summed E-state index contributed by atoms with van der Waals surface area (Å²) in [6.45, 7) is 2.35. The zero-order valence-corrected chi connectivity index (χ0v) is 18.8. The standard InChI is InChI=1S/C27H25FN2OS/c1-27-14-17-15-29-30(21-10-8-20(28)9-11-21)24(17)12-18(27)6-7-19(27)13-25(31)23-16-32-26-5-3-2-4-22(23)26/h2-5,8-12,15-16,19,25,31H,6-7,13-14H2,1H3/t19-,25-,27+/m1/s1. The Labute approximate surface area is 190 Å². The van der Waals surface area contributed by atoms with Crippen molar-refractivity contribution in [1.29, 1.82) is 0 Å². The van der Waals surface area contributed by atoms with Crippen molar-refractivity contribution in [3.05, 3.63) is 88.3 Å². The van der Waals surface area contributed by atoms with Gasteiger partial charge in [-0.2, -0.15) is 5.10 Å². The van der Waals surface area contributed by atoms with Crippen LogP contribution >= 0.6 is 11.3 Å². The summed E-state index contributed by atoms with van der Waals surface area (Å²) in [5, 5.41) is 19.1. The lowest BCUT2D eigenvalue weighted by atomic mass is 9.68. The molecule has 0 unspecified atom stereocenters. The van der Waals surface area contributed by atoms with E-state index in [2.05, 4.69) is 41.7 Å². The van der Waals surface area contributed by atoms with Crippen LogP contribution in [0, 0.1) is 17.2 Å². The van der Waals surface area contributed by atoms with Crippen LogP contribution in [0.25, 0.3) is 21.8 Å². The quantitative estimate of drug-likeness (QED) is 0.380. The molecule has 2 aliphatic rings. The van der Waals surface area contributed by atoms with Crippen LogP contribution in [0.5, 0.6) is 0 Å². The molecule has 1 N–H and O–H groups in total. The molecule has 32 heavy (non-hydrogen) atoms. The van der Waals surface area contributed by atoms with Crippen LogP contribution < -0.4 is 0 Å². The minimum atomic E-state index is -0.448. The number of hydrogen-bond donors (Lipinski definition) is 1. The monoisotopic (exact) mass is 444 g/mol. The Morgan fingerprint density at radius 2 is 2.03 bits per heavy atom. The van der Waals surface area contributed by atoms with Gasteiger partial charge in [0, 0.05) is 4.70 Å². The second-order valence-corrected chi connectivity index (χ2v) is 10.3. The minimum absolute atomic E-state index is 0.0382. The number of hydrogen-bond acceptors (Lipinski definition) is 3. The molecule has 5 heteroatoms. The Bertz CT molecular complexity index is 1340. The molecule has 162 valence electrons. The van der Waals surface area contributed by atoms with E-state index in [1.807, 2.05) is 16.9 Å². The molecule has 0 amide bonds. The summed E-state index contributed by atoms with van der Waals surface area (Å²) in [5.74, 6) is 0.182. The molecule has 2 aromatic carbocycles. The molecule has 6 rings (SSSR count). The fraction of sp³-hybridized carbons (Fsp3) is 0.296. The number of aliphatic hydroxyl groups excluding tert-OH is 1. The average molecular weight is 445 g/mol. The predicted octanol–water partition coefficient (Wildman–Crippen LogP) is 6.71. The van der Waals surface area contributed by atoms with Gasteiger partial charge in [-0.25, -0.2) is 9.07 Å². The SMILES string of the molecule is C[C@]12Cc3cnn(-c4ccc(F)cc4)c3C=C1CC[C@@H]2C[C@@H](O)c1csc2ccccc12. The van der Waals surface area contributed by atoms with Gasteiger partial charge in [0.1, 0.15) is 5.82 Å². The van der Waals surface area contributed by atoms with Crippen molar-refractivity contribution in [2.24, 2.45) is 11.3 Å². The number of thiophene rings is 1. The van der Waals surface area contributed by atoms with E-state index < -0.39 is 6.10 Å². The highest BCUT2D eigenvalue weighted by Gasteiger charge is 2.46. The molecule has 1 saturated carbocycles. The number of fused-ring (bicyclic) bond motifs is 3. The van der Waals surface area contributed by atoms with E-state index in [4.69, 9.17) is 0 Å². The predicted molar refractivity (Wildman–Crippen MR) is 127 cm³/mol. The minimum Gasteiger partial charge on any atom is -0.388 e. The molecular weight excluding hydrogens is 419 g/mol. The molecule has 2 aliphatic carbocycles. The second kappa shape index (κ2) is 7.39. The fourth-order valence-corrected chi connectivity index (χ4v) is 6.76. The van der Waals surface area contributed by atoms with Crippen LogP contribution in [0.3, 0.4) is 0 Å². The van der Waals surface area contributed by atoms with E-state index in [9.17, 15) is 9.50 Å². The molecule has 1 fully saturated rings. The second-order valence-electron chi connectivity index (χ2n) is 9.38. The lowest BCUT2D eigenvalue weighted by Crippen LogP contribution is -2.30. The van der Waals surface area contributed by atoms with Gasteiger partial charge in [0.15, 0.2) is 0 Å². The zero-order valence-electron chi connectivity index (χ0n) is 18.0. The summed E-state index contributed by atoms with van der Waals surface area (Å²) in [4.78, 5) is 0. The molecular formula is C27H25FN2OS. The third kappa shape index (κ3) is 3.06. The smallest absolute Gasteiger partial charge is 0.123 e. The maximum Gasteiger partial charge on any atom is 0.123 e. The van der Waals surface area contributed by atoms with E-state index in [0.29, 0.717) is 5.92 Å². The van der Waals surface area contributed by atoms with Crippen LogP contribution in [0.2, 0.25) is 0 Å². The van der Waals surface area contributed by atoms with Gasteiger partial charge in [0.25, 0.3) is 0 Å². The summed E-state index contributed by atoms with van der Waals surface area (Å²) in [7, 11) is 0. The van der Waals surface area contributed by atoms with Crippen molar-refractivity contribution in [1.82, 2.24) is 9.78 Å². The van der Waals surface area contributed by atoms with Crippen molar-refractivity contribution in [3.8, 4) is 5.69 Å². The van der Waals surface area contributed by atoms with Crippen molar-refractivity contribution >= 4 is 27.5 Å². The third-order valence-electron chi connectivity index (χ3n) is 7.60. The number of nitrogens with zero attached hydrogens (tertiary/aromatic N) is 2. The van der Waals surface area contributed by atoms with Gasteiger partial charge >= 0.3 is 0 Å². The molecule has 0 bridgehead atoms. The van der Waals surface area contributed by atoms with Gasteiger partial charge in [0.2, 0.25) is 0 Å². The van der Waals surface area contributed by atoms with Gasteiger partial charge in [-0.1, -0.05) is 30.7 Å². The van der Waals surface area contributed by atoms with E-state index in [1.165, 1.54) is 33.4 Å². The molecule has 0 saturated heterocycles. The highest BCUT2D eigenvalue weighted by Crippen LogP contribution is 2.55. The third-order valence-corrected chi connectivity index (χ3v) is 8.58. The maximum absolute atomic E-state index is 13.4. The van der Waals surface area contributed by atoms with Crippen molar-refractivity contribution in [2.45, 2.75) is 38.7 Å². The first-order chi connectivity index (χ1) is 15.5. The molecule has 2 aromatic heterocycles. The Balaban J connectivity index is 1.29. The Morgan fingerprint density at radius 3 is 2.88 bits per heavy atom. The number of rotatable bonds is 4. The summed E-state index contributed by atoms with van der Waals surface area (Å²) in [6.07, 6.45) is 7.64. The van der Waals surface area contributed by atoms with Crippen LogP contribution in [0.4, 0.5) is 4.39 Å². The highest BCUT2D eigenvalue weighted by atomic mass is 32.1. The lowest BCUT2D eigenvalue weighted by Gasteiger charge is -2.37. The topological polar surface area (TPSA) is 38.0 Å². The van der Waals surface area contributed by atoms with Crippen LogP contribution in [0.15, 0.2) is 65.7 Å². The Kier molecular flexibility index (Phi) is 4.60. The number of allylic oxidation sites excluding steroid dienone is 1. The first kappa shape index (κ1) is 19.9. The number of halogens is 1.